The fourth-order valence-electron chi connectivity index (χ4n) is 2.95. The summed E-state index contributed by atoms with van der Waals surface area (Å²) in [5, 5.41) is 12.3. The normalized spacial score (nSPS) is 10.6. The molecule has 2 aromatic rings. The fraction of sp³-hybridized carbons (Fsp3) is 0.478. The quantitative estimate of drug-likeness (QED) is 0.539. The highest BCUT2D eigenvalue weighted by molar-refractivity contribution is 5.67. The topological polar surface area (TPSA) is 71.5 Å². The van der Waals surface area contributed by atoms with Crippen LogP contribution in [0.4, 0.5) is 5.82 Å². The zero-order valence-electron chi connectivity index (χ0n) is 17.8. The van der Waals surface area contributed by atoms with Crippen LogP contribution in [0.25, 0.3) is 0 Å². The summed E-state index contributed by atoms with van der Waals surface area (Å²) in [5.41, 5.74) is 1.95. The van der Waals surface area contributed by atoms with Crippen molar-refractivity contribution in [1.82, 2.24) is 4.98 Å². The molecule has 2 N–H and O–H groups in total. The Morgan fingerprint density at radius 3 is 2.57 bits per heavy atom. The second kappa shape index (κ2) is 12.0. The first kappa shape index (κ1) is 23.5. The van der Waals surface area contributed by atoms with E-state index in [-0.39, 0.29) is 11.8 Å². The summed E-state index contributed by atoms with van der Waals surface area (Å²) in [6, 6.07) is 11.9. The van der Waals surface area contributed by atoms with Gasteiger partial charge in [-0.05, 0) is 54.5 Å². The second-order valence-electron chi connectivity index (χ2n) is 7.36. The standard InChI is InChI=1S/C21H28N2O3.C2H6/c1-16-13-17(14-21(2,3)15-20(24)25)8-9-18(16)26-12-6-11-23-19-7-4-5-10-22-19;1-2/h4-5,7-10,13H,6,11-12,14-15H2,1-3H3,(H,22,23)(H,24,25);1-2H3. The number of nitrogens with zero attached hydrogens (tertiary/aromatic N) is 1. The van der Waals surface area contributed by atoms with E-state index in [1.165, 1.54) is 0 Å². The molecular formula is C23H34N2O3. The number of carboxylic acid groups (broad SMARTS) is 1. The van der Waals surface area contributed by atoms with Crippen molar-refractivity contribution in [3.8, 4) is 5.75 Å². The van der Waals surface area contributed by atoms with Crippen LogP contribution in [0.2, 0.25) is 0 Å². The molecule has 154 valence electrons. The molecular weight excluding hydrogens is 352 g/mol. The van der Waals surface area contributed by atoms with E-state index in [2.05, 4.69) is 16.4 Å². The van der Waals surface area contributed by atoms with Crippen molar-refractivity contribution in [3.63, 3.8) is 0 Å². The number of carboxylic acids is 1. The smallest absolute Gasteiger partial charge is 0.303 e. The molecule has 1 aromatic carbocycles. The van der Waals surface area contributed by atoms with Gasteiger partial charge >= 0.3 is 5.97 Å². The van der Waals surface area contributed by atoms with Crippen LogP contribution in [0.15, 0.2) is 42.6 Å². The van der Waals surface area contributed by atoms with Crippen LogP contribution in [0.3, 0.4) is 0 Å². The number of aromatic nitrogens is 1. The molecule has 0 aliphatic carbocycles. The van der Waals surface area contributed by atoms with Crippen molar-refractivity contribution in [3.05, 3.63) is 53.7 Å². The van der Waals surface area contributed by atoms with E-state index in [1.54, 1.807) is 6.20 Å². The highest BCUT2D eigenvalue weighted by Crippen LogP contribution is 2.28. The van der Waals surface area contributed by atoms with Crippen LogP contribution in [0, 0.1) is 12.3 Å². The van der Waals surface area contributed by atoms with E-state index in [9.17, 15) is 4.79 Å². The van der Waals surface area contributed by atoms with Crippen molar-refractivity contribution in [2.24, 2.45) is 5.41 Å². The van der Waals surface area contributed by atoms with E-state index in [0.29, 0.717) is 6.61 Å². The SMILES string of the molecule is CC.Cc1cc(CC(C)(C)CC(=O)O)ccc1OCCCNc1ccccn1. The Hall–Kier alpha value is -2.56. The summed E-state index contributed by atoms with van der Waals surface area (Å²) in [4.78, 5) is 15.2. The number of anilines is 1. The molecule has 0 saturated carbocycles. The zero-order valence-corrected chi connectivity index (χ0v) is 17.8. The molecule has 0 atom stereocenters. The van der Waals surface area contributed by atoms with Crippen molar-refractivity contribution < 1.29 is 14.6 Å². The largest absolute Gasteiger partial charge is 0.493 e. The first-order valence-corrected chi connectivity index (χ1v) is 9.95. The number of ether oxygens (including phenoxy) is 1. The summed E-state index contributed by atoms with van der Waals surface area (Å²) >= 11 is 0. The molecule has 1 heterocycles. The molecule has 2 rings (SSSR count). The monoisotopic (exact) mass is 386 g/mol. The molecule has 0 aliphatic rings. The molecule has 0 saturated heterocycles. The van der Waals surface area contributed by atoms with Crippen LogP contribution in [-0.4, -0.2) is 29.2 Å². The Morgan fingerprint density at radius 2 is 1.96 bits per heavy atom. The highest BCUT2D eigenvalue weighted by Gasteiger charge is 2.22. The number of benzene rings is 1. The molecule has 28 heavy (non-hydrogen) atoms. The summed E-state index contributed by atoms with van der Waals surface area (Å²) in [6.07, 6.45) is 3.53. The number of carbonyl (C=O) groups is 1. The molecule has 1 aromatic heterocycles. The fourth-order valence-corrected chi connectivity index (χ4v) is 2.95. The van der Waals surface area contributed by atoms with E-state index in [1.807, 2.05) is 65.0 Å². The second-order valence-corrected chi connectivity index (χ2v) is 7.36. The Morgan fingerprint density at radius 1 is 1.21 bits per heavy atom. The maximum Gasteiger partial charge on any atom is 0.303 e. The maximum absolute atomic E-state index is 11.0. The van der Waals surface area contributed by atoms with E-state index < -0.39 is 5.97 Å². The van der Waals surface area contributed by atoms with Gasteiger partial charge in [-0.2, -0.15) is 0 Å². The van der Waals surface area contributed by atoms with E-state index in [4.69, 9.17) is 9.84 Å². The van der Waals surface area contributed by atoms with Gasteiger partial charge in [0.25, 0.3) is 0 Å². The Kier molecular flexibility index (Phi) is 10.1. The van der Waals surface area contributed by atoms with Gasteiger partial charge < -0.3 is 15.2 Å². The summed E-state index contributed by atoms with van der Waals surface area (Å²) < 4.78 is 5.87. The van der Waals surface area contributed by atoms with Gasteiger partial charge in [-0.1, -0.05) is 45.9 Å². The molecule has 5 heteroatoms. The Labute approximate surface area is 169 Å². The number of aryl methyl sites for hydroxylation is 1. The minimum Gasteiger partial charge on any atom is -0.493 e. The number of rotatable bonds is 10. The van der Waals surface area contributed by atoms with Crippen LogP contribution in [-0.2, 0) is 11.2 Å². The molecule has 5 nitrogen and oxygen atoms in total. The van der Waals surface area contributed by atoms with Gasteiger partial charge in [0.05, 0.1) is 13.0 Å². The Bertz CT molecular complexity index is 715. The predicted molar refractivity (Wildman–Crippen MR) is 115 cm³/mol. The lowest BCUT2D eigenvalue weighted by Gasteiger charge is -2.23. The number of hydrogen-bond acceptors (Lipinski definition) is 4. The van der Waals surface area contributed by atoms with Crippen LogP contribution >= 0.6 is 0 Å². The van der Waals surface area contributed by atoms with Gasteiger partial charge in [-0.3, -0.25) is 4.79 Å². The molecule has 0 aliphatic heterocycles. The molecule has 0 radical (unpaired) electrons. The zero-order chi connectivity index (χ0) is 21.0. The average Bonchev–Trinajstić information content (AvgIpc) is 2.64. The minimum atomic E-state index is -0.758. The third-order valence-electron chi connectivity index (χ3n) is 4.10. The number of nitrogens with one attached hydrogen (secondary N) is 1. The molecule has 0 fully saturated rings. The molecule has 0 bridgehead atoms. The lowest BCUT2D eigenvalue weighted by Crippen LogP contribution is -2.19. The van der Waals surface area contributed by atoms with E-state index in [0.717, 1.165) is 42.1 Å². The van der Waals surface area contributed by atoms with Crippen molar-refractivity contribution in [2.45, 2.75) is 53.9 Å². The van der Waals surface area contributed by atoms with Gasteiger partial charge in [0.15, 0.2) is 0 Å². The Balaban J connectivity index is 0.00000190. The molecule has 0 amide bonds. The lowest BCUT2D eigenvalue weighted by molar-refractivity contribution is -0.139. The van der Waals surface area contributed by atoms with Crippen LogP contribution in [0.1, 0.15) is 51.7 Å². The maximum atomic E-state index is 11.0. The van der Waals surface area contributed by atoms with Crippen molar-refractivity contribution in [2.75, 3.05) is 18.5 Å². The van der Waals surface area contributed by atoms with Gasteiger partial charge in [0.1, 0.15) is 11.6 Å². The number of aliphatic carboxylic acids is 1. The predicted octanol–water partition coefficient (Wildman–Crippen LogP) is 5.34. The van der Waals surface area contributed by atoms with Crippen LogP contribution < -0.4 is 10.1 Å². The van der Waals surface area contributed by atoms with Gasteiger partial charge in [0.2, 0.25) is 0 Å². The van der Waals surface area contributed by atoms with Crippen LogP contribution in [0.5, 0.6) is 5.75 Å². The average molecular weight is 387 g/mol. The number of pyridine rings is 1. The highest BCUT2D eigenvalue weighted by atomic mass is 16.5. The lowest BCUT2D eigenvalue weighted by atomic mass is 9.82. The molecule has 0 unspecified atom stereocenters. The van der Waals surface area contributed by atoms with Gasteiger partial charge in [-0.15, -0.1) is 0 Å². The van der Waals surface area contributed by atoms with E-state index >= 15 is 0 Å². The molecule has 0 spiro atoms. The van der Waals surface area contributed by atoms with Gasteiger partial charge in [-0.25, -0.2) is 4.98 Å². The third-order valence-corrected chi connectivity index (χ3v) is 4.10. The number of hydrogen-bond donors (Lipinski definition) is 2. The summed E-state index contributed by atoms with van der Waals surface area (Å²) in [5.74, 6) is 0.991. The first-order valence-electron chi connectivity index (χ1n) is 9.95. The van der Waals surface area contributed by atoms with Crippen molar-refractivity contribution in [1.29, 1.82) is 0 Å². The van der Waals surface area contributed by atoms with Crippen molar-refractivity contribution >= 4 is 11.8 Å². The summed E-state index contributed by atoms with van der Waals surface area (Å²) in [7, 11) is 0. The first-order chi connectivity index (χ1) is 13.4. The third kappa shape index (κ3) is 8.89. The summed E-state index contributed by atoms with van der Waals surface area (Å²) in [6.45, 7) is 11.4. The minimum absolute atomic E-state index is 0.160. The van der Waals surface area contributed by atoms with Gasteiger partial charge in [0, 0.05) is 12.7 Å².